The smallest absolute Gasteiger partial charge is 0.433 e. The molecule has 0 saturated carbocycles. The number of carboxylic acid groups (broad SMARTS) is 1. The molecule has 0 aliphatic carbocycles. The summed E-state index contributed by atoms with van der Waals surface area (Å²) in [6.07, 6.45) is 0.107. The van der Waals surface area contributed by atoms with Crippen molar-refractivity contribution in [2.75, 3.05) is 18.0 Å². The van der Waals surface area contributed by atoms with Crippen LogP contribution in [0.3, 0.4) is 0 Å². The van der Waals surface area contributed by atoms with Crippen molar-refractivity contribution < 1.29 is 23.1 Å². The Morgan fingerprint density at radius 3 is 2.52 bits per heavy atom. The molecule has 3 heterocycles. The summed E-state index contributed by atoms with van der Waals surface area (Å²) in [5, 5.41) is 13.8. The summed E-state index contributed by atoms with van der Waals surface area (Å²) >= 11 is 0. The molecule has 0 aromatic carbocycles. The summed E-state index contributed by atoms with van der Waals surface area (Å²) in [6, 6.07) is 0.807. The van der Waals surface area contributed by atoms with Gasteiger partial charge < -0.3 is 10.0 Å². The zero-order valence-electron chi connectivity index (χ0n) is 13.4. The highest BCUT2D eigenvalue weighted by Gasteiger charge is 2.44. The number of aromatic nitrogens is 4. The number of hydrogen-bond donors (Lipinski definition) is 1. The third kappa shape index (κ3) is 3.15. The molecule has 1 N–H and O–H groups in total. The van der Waals surface area contributed by atoms with E-state index in [1.165, 1.54) is 4.68 Å². The van der Waals surface area contributed by atoms with E-state index >= 15 is 0 Å². The lowest BCUT2D eigenvalue weighted by atomic mass is 9.87. The van der Waals surface area contributed by atoms with Crippen LogP contribution in [-0.4, -0.2) is 43.9 Å². The van der Waals surface area contributed by atoms with Crippen molar-refractivity contribution >= 4 is 11.9 Å². The predicted molar refractivity (Wildman–Crippen MR) is 81.1 cm³/mol. The summed E-state index contributed by atoms with van der Waals surface area (Å²) in [6.45, 7) is 2.24. The molecule has 1 saturated heterocycles. The average molecular weight is 355 g/mol. The number of aliphatic carboxylic acids is 1. The summed E-state index contributed by atoms with van der Waals surface area (Å²) in [5.74, 6) is -1.06. The molecule has 2 aromatic heterocycles. The van der Waals surface area contributed by atoms with Crippen molar-refractivity contribution in [1.82, 2.24) is 19.7 Å². The fourth-order valence-corrected chi connectivity index (χ4v) is 2.92. The number of anilines is 1. The lowest BCUT2D eigenvalue weighted by Gasteiger charge is -2.39. The first kappa shape index (κ1) is 17.2. The van der Waals surface area contributed by atoms with Crippen molar-refractivity contribution in [3.63, 3.8) is 0 Å². The quantitative estimate of drug-likeness (QED) is 0.908. The maximum Gasteiger partial charge on any atom is 0.433 e. The van der Waals surface area contributed by atoms with E-state index < -0.39 is 23.4 Å². The molecule has 0 bridgehead atoms. The minimum atomic E-state index is -4.55. The van der Waals surface area contributed by atoms with Crippen molar-refractivity contribution in [2.45, 2.75) is 31.5 Å². The molecular formula is C15H16F3N5O2. The highest BCUT2D eigenvalue weighted by Crippen LogP contribution is 2.33. The Balaban J connectivity index is 1.82. The van der Waals surface area contributed by atoms with E-state index in [0.717, 1.165) is 17.8 Å². The van der Waals surface area contributed by atoms with Gasteiger partial charge in [0.2, 0.25) is 5.95 Å². The molecule has 2 aromatic rings. The summed E-state index contributed by atoms with van der Waals surface area (Å²) in [4.78, 5) is 20.9. The Bertz CT molecular complexity index is 781. The van der Waals surface area contributed by atoms with Gasteiger partial charge >= 0.3 is 12.1 Å². The Labute approximate surface area is 141 Å². The highest BCUT2D eigenvalue weighted by molar-refractivity contribution is 5.77. The largest absolute Gasteiger partial charge is 0.479 e. The lowest BCUT2D eigenvalue weighted by Crippen LogP contribution is -2.51. The number of alkyl halides is 3. The topological polar surface area (TPSA) is 84.1 Å². The van der Waals surface area contributed by atoms with E-state index in [2.05, 4.69) is 15.1 Å². The van der Waals surface area contributed by atoms with E-state index in [4.69, 9.17) is 0 Å². The lowest BCUT2D eigenvalue weighted by molar-refractivity contribution is -0.149. The van der Waals surface area contributed by atoms with E-state index in [0.29, 0.717) is 0 Å². The molecule has 1 fully saturated rings. The molecule has 10 heteroatoms. The monoisotopic (exact) mass is 355 g/mol. The molecule has 3 rings (SSSR count). The van der Waals surface area contributed by atoms with Gasteiger partial charge in [-0.3, -0.25) is 4.68 Å². The molecule has 0 atom stereocenters. The zero-order chi connectivity index (χ0) is 18.2. The van der Waals surface area contributed by atoms with Crippen LogP contribution in [-0.2, 0) is 16.5 Å². The van der Waals surface area contributed by atoms with Crippen LogP contribution in [0.25, 0.3) is 0 Å². The molecule has 0 spiro atoms. The SMILES string of the molecule is Cc1cnn(C2(C(=O)O)CCN(c3nccc(C(F)(F)F)n3)CC2)c1. The maximum atomic E-state index is 12.8. The Hall–Kier alpha value is -2.65. The average Bonchev–Trinajstić information content (AvgIpc) is 3.01. The van der Waals surface area contributed by atoms with Crippen LogP contribution in [0.5, 0.6) is 0 Å². The second-order valence-electron chi connectivity index (χ2n) is 6.03. The van der Waals surface area contributed by atoms with Gasteiger partial charge in [-0.1, -0.05) is 0 Å². The van der Waals surface area contributed by atoms with Crippen LogP contribution < -0.4 is 4.90 Å². The number of carboxylic acids is 1. The Kier molecular flexibility index (Phi) is 4.13. The number of hydrogen-bond acceptors (Lipinski definition) is 5. The van der Waals surface area contributed by atoms with Gasteiger partial charge in [-0.25, -0.2) is 14.8 Å². The second-order valence-corrected chi connectivity index (χ2v) is 6.03. The summed E-state index contributed by atoms with van der Waals surface area (Å²) in [5.41, 5.74) is -1.40. The third-order valence-corrected chi connectivity index (χ3v) is 4.36. The van der Waals surface area contributed by atoms with E-state index in [-0.39, 0.29) is 31.9 Å². The maximum absolute atomic E-state index is 12.8. The molecule has 134 valence electrons. The first-order chi connectivity index (χ1) is 11.7. The Morgan fingerprint density at radius 1 is 1.32 bits per heavy atom. The molecular weight excluding hydrogens is 339 g/mol. The number of carbonyl (C=O) groups is 1. The summed E-state index contributed by atoms with van der Waals surface area (Å²) < 4.78 is 39.8. The highest BCUT2D eigenvalue weighted by atomic mass is 19.4. The van der Waals surface area contributed by atoms with Gasteiger partial charge in [0.15, 0.2) is 5.54 Å². The normalized spacial score (nSPS) is 17.5. The van der Waals surface area contributed by atoms with E-state index in [1.54, 1.807) is 17.3 Å². The van der Waals surface area contributed by atoms with Gasteiger partial charge in [0.05, 0.1) is 6.20 Å². The summed E-state index contributed by atoms with van der Waals surface area (Å²) in [7, 11) is 0. The van der Waals surface area contributed by atoms with Crippen molar-refractivity contribution in [1.29, 1.82) is 0 Å². The molecule has 25 heavy (non-hydrogen) atoms. The van der Waals surface area contributed by atoms with Crippen molar-refractivity contribution in [2.24, 2.45) is 0 Å². The zero-order valence-corrected chi connectivity index (χ0v) is 13.4. The van der Waals surface area contributed by atoms with E-state index in [9.17, 15) is 23.1 Å². The molecule has 0 unspecified atom stereocenters. The number of piperidine rings is 1. The second kappa shape index (κ2) is 6.01. The molecule has 0 radical (unpaired) electrons. The fraction of sp³-hybridized carbons (Fsp3) is 0.467. The number of rotatable bonds is 3. The van der Waals surface area contributed by atoms with Crippen molar-refractivity contribution in [3.8, 4) is 0 Å². The third-order valence-electron chi connectivity index (χ3n) is 4.36. The molecule has 7 nitrogen and oxygen atoms in total. The van der Waals surface area contributed by atoms with Crippen molar-refractivity contribution in [3.05, 3.63) is 35.9 Å². The van der Waals surface area contributed by atoms with Gasteiger partial charge in [-0.15, -0.1) is 0 Å². The Morgan fingerprint density at radius 2 is 2.00 bits per heavy atom. The van der Waals surface area contributed by atoms with Gasteiger partial charge in [0.1, 0.15) is 5.69 Å². The fourth-order valence-electron chi connectivity index (χ4n) is 2.92. The minimum absolute atomic E-state index is 0.0505. The molecule has 1 aliphatic rings. The van der Waals surface area contributed by atoms with E-state index in [1.807, 2.05) is 6.92 Å². The molecule has 1 aliphatic heterocycles. The van der Waals surface area contributed by atoms with Gasteiger partial charge in [-0.2, -0.15) is 18.3 Å². The first-order valence-corrected chi connectivity index (χ1v) is 7.63. The minimum Gasteiger partial charge on any atom is -0.479 e. The van der Waals surface area contributed by atoms with Crippen LogP contribution in [0, 0.1) is 6.92 Å². The number of aryl methyl sites for hydroxylation is 1. The number of nitrogens with zero attached hydrogens (tertiary/aromatic N) is 5. The van der Waals surface area contributed by atoms with Crippen LogP contribution in [0.1, 0.15) is 24.1 Å². The van der Waals surface area contributed by atoms with Crippen LogP contribution in [0.15, 0.2) is 24.7 Å². The van der Waals surface area contributed by atoms with Gasteiger partial charge in [0.25, 0.3) is 0 Å². The molecule has 0 amide bonds. The predicted octanol–water partition coefficient (Wildman–Crippen LogP) is 2.08. The van der Waals surface area contributed by atoms with Crippen LogP contribution >= 0.6 is 0 Å². The van der Waals surface area contributed by atoms with Crippen LogP contribution in [0.4, 0.5) is 19.1 Å². The first-order valence-electron chi connectivity index (χ1n) is 7.63. The standard InChI is InChI=1S/C15H16F3N5O2/c1-10-8-20-23(9-10)14(12(24)25)3-6-22(7-4-14)13-19-5-2-11(21-13)15(16,17)18/h2,5,8-9H,3-4,6-7H2,1H3,(H,24,25). The van der Waals surface area contributed by atoms with Gasteiger partial charge in [0, 0.05) is 38.3 Å². The number of halogens is 3. The van der Waals surface area contributed by atoms with Gasteiger partial charge in [-0.05, 0) is 18.6 Å². The van der Waals surface area contributed by atoms with Crippen LogP contribution in [0.2, 0.25) is 0 Å².